The number of anilines is 1. The highest BCUT2D eigenvalue weighted by atomic mass is 35.5. The summed E-state index contributed by atoms with van der Waals surface area (Å²) >= 11 is 0. The lowest BCUT2D eigenvalue weighted by Gasteiger charge is -2.18. The molecule has 2 fully saturated rings. The van der Waals surface area contributed by atoms with Gasteiger partial charge in [-0.15, -0.1) is 12.4 Å². The van der Waals surface area contributed by atoms with E-state index in [2.05, 4.69) is 10.1 Å². The summed E-state index contributed by atoms with van der Waals surface area (Å²) < 4.78 is 5.46. The molecule has 6 nitrogen and oxygen atoms in total. The maximum absolute atomic E-state index is 12.4. The smallest absolute Gasteiger partial charge is 0.232 e. The van der Waals surface area contributed by atoms with Gasteiger partial charge >= 0.3 is 0 Å². The molecule has 1 aromatic carbocycles. The summed E-state index contributed by atoms with van der Waals surface area (Å²) in [7, 11) is 0. The van der Waals surface area contributed by atoms with Gasteiger partial charge in [0.15, 0.2) is 5.82 Å². The summed E-state index contributed by atoms with van der Waals surface area (Å²) in [4.78, 5) is 18.7. The maximum atomic E-state index is 12.4. The highest BCUT2D eigenvalue weighted by molar-refractivity contribution is 5.96. The van der Waals surface area contributed by atoms with Crippen molar-refractivity contribution >= 4 is 24.0 Å². The van der Waals surface area contributed by atoms with Crippen LogP contribution in [0.4, 0.5) is 5.69 Å². The van der Waals surface area contributed by atoms with Crippen LogP contribution in [0.1, 0.15) is 55.3 Å². The van der Waals surface area contributed by atoms with Crippen molar-refractivity contribution in [3.8, 4) is 0 Å². The predicted molar refractivity (Wildman–Crippen MR) is 96.8 cm³/mol. The SMILES string of the molecule is Cc1ccc(N2CC(c3nc(C4(N)CCCC4)no3)CC2=O)cc1.Cl. The van der Waals surface area contributed by atoms with Crippen LogP contribution in [0.15, 0.2) is 28.8 Å². The minimum absolute atomic E-state index is 0. The highest BCUT2D eigenvalue weighted by Crippen LogP contribution is 2.36. The Balaban J connectivity index is 0.00000182. The first-order valence-corrected chi connectivity index (χ1v) is 8.55. The van der Waals surface area contributed by atoms with Crippen molar-refractivity contribution in [2.75, 3.05) is 11.4 Å². The van der Waals surface area contributed by atoms with Crippen LogP contribution in [0.5, 0.6) is 0 Å². The second-order valence-electron chi connectivity index (χ2n) is 7.06. The van der Waals surface area contributed by atoms with Crippen molar-refractivity contribution in [1.82, 2.24) is 10.1 Å². The maximum Gasteiger partial charge on any atom is 0.232 e. The van der Waals surface area contributed by atoms with Crippen LogP contribution < -0.4 is 10.6 Å². The summed E-state index contributed by atoms with van der Waals surface area (Å²) in [5.74, 6) is 1.15. The first kappa shape index (κ1) is 17.9. The van der Waals surface area contributed by atoms with Gasteiger partial charge < -0.3 is 15.2 Å². The Hall–Kier alpha value is -1.92. The average Bonchev–Trinajstić information content (AvgIpc) is 3.28. The van der Waals surface area contributed by atoms with Crippen LogP contribution in [0.2, 0.25) is 0 Å². The van der Waals surface area contributed by atoms with Gasteiger partial charge in [0.1, 0.15) is 0 Å². The molecule has 1 aliphatic carbocycles. The lowest BCUT2D eigenvalue weighted by atomic mass is 9.98. The summed E-state index contributed by atoms with van der Waals surface area (Å²) in [5, 5.41) is 4.11. The van der Waals surface area contributed by atoms with Gasteiger partial charge in [0, 0.05) is 18.7 Å². The van der Waals surface area contributed by atoms with Gasteiger partial charge in [0.25, 0.3) is 0 Å². The van der Waals surface area contributed by atoms with Gasteiger partial charge in [-0.3, -0.25) is 4.79 Å². The van der Waals surface area contributed by atoms with E-state index in [-0.39, 0.29) is 24.2 Å². The van der Waals surface area contributed by atoms with E-state index in [0.717, 1.165) is 31.4 Å². The number of carbonyl (C=O) groups excluding carboxylic acids is 1. The lowest BCUT2D eigenvalue weighted by molar-refractivity contribution is -0.117. The number of aryl methyl sites for hydroxylation is 1. The van der Waals surface area contributed by atoms with Crippen molar-refractivity contribution in [3.05, 3.63) is 41.5 Å². The summed E-state index contributed by atoms with van der Waals surface area (Å²) in [6.07, 6.45) is 4.39. The van der Waals surface area contributed by atoms with Crippen LogP contribution in [-0.2, 0) is 10.3 Å². The third-order valence-electron chi connectivity index (χ3n) is 5.20. The molecule has 1 unspecified atom stereocenters. The van der Waals surface area contributed by atoms with E-state index in [1.165, 1.54) is 5.56 Å². The predicted octanol–water partition coefficient (Wildman–Crippen LogP) is 3.05. The van der Waals surface area contributed by atoms with Crippen molar-refractivity contribution in [2.24, 2.45) is 5.73 Å². The zero-order valence-corrected chi connectivity index (χ0v) is 15.1. The van der Waals surface area contributed by atoms with Gasteiger partial charge in [0.05, 0.1) is 11.5 Å². The van der Waals surface area contributed by atoms with Gasteiger partial charge in [-0.1, -0.05) is 35.7 Å². The van der Waals surface area contributed by atoms with Crippen LogP contribution in [0.3, 0.4) is 0 Å². The van der Waals surface area contributed by atoms with E-state index in [1.54, 1.807) is 4.90 Å². The molecule has 1 saturated carbocycles. The standard InChI is InChI=1S/C18H22N4O2.ClH/c1-12-4-6-14(7-5-12)22-11-13(10-15(22)23)16-20-17(21-24-16)18(19)8-2-3-9-18;/h4-7,13H,2-3,8-11,19H2,1H3;1H. The molecule has 2 aliphatic rings. The second-order valence-corrected chi connectivity index (χ2v) is 7.06. The molecule has 0 spiro atoms. The molecule has 2 N–H and O–H groups in total. The summed E-state index contributed by atoms with van der Waals surface area (Å²) in [5.41, 5.74) is 8.02. The normalized spacial score (nSPS) is 22.2. The fourth-order valence-corrected chi connectivity index (χ4v) is 3.68. The Morgan fingerprint density at radius 1 is 1.24 bits per heavy atom. The molecule has 134 valence electrons. The largest absolute Gasteiger partial charge is 0.339 e. The molecule has 1 saturated heterocycles. The van der Waals surface area contributed by atoms with Crippen LogP contribution >= 0.6 is 12.4 Å². The lowest BCUT2D eigenvalue weighted by Crippen LogP contribution is -2.34. The number of amides is 1. The van der Waals surface area contributed by atoms with Gasteiger partial charge in [-0.25, -0.2) is 0 Å². The van der Waals surface area contributed by atoms with Crippen LogP contribution in [0.25, 0.3) is 0 Å². The number of benzene rings is 1. The molecule has 7 heteroatoms. The van der Waals surface area contributed by atoms with Gasteiger partial charge in [-0.2, -0.15) is 4.98 Å². The molecule has 0 bridgehead atoms. The molecule has 25 heavy (non-hydrogen) atoms. The van der Waals surface area contributed by atoms with Crippen LogP contribution in [0, 0.1) is 6.92 Å². The molecule has 1 aliphatic heterocycles. The van der Waals surface area contributed by atoms with Crippen molar-refractivity contribution in [1.29, 1.82) is 0 Å². The Bertz CT molecular complexity index is 753. The minimum Gasteiger partial charge on any atom is -0.339 e. The number of nitrogens with two attached hydrogens (primary N) is 1. The second kappa shape index (κ2) is 6.77. The Kier molecular flexibility index (Phi) is 4.84. The van der Waals surface area contributed by atoms with E-state index in [9.17, 15) is 4.79 Å². The summed E-state index contributed by atoms with van der Waals surface area (Å²) in [6.45, 7) is 2.60. The third-order valence-corrected chi connectivity index (χ3v) is 5.20. The van der Waals surface area contributed by atoms with E-state index in [0.29, 0.717) is 24.7 Å². The monoisotopic (exact) mass is 362 g/mol. The first-order chi connectivity index (χ1) is 11.5. The van der Waals surface area contributed by atoms with E-state index in [1.807, 2.05) is 31.2 Å². The average molecular weight is 363 g/mol. The van der Waals surface area contributed by atoms with E-state index >= 15 is 0 Å². The third kappa shape index (κ3) is 3.28. The molecule has 1 amide bonds. The fraction of sp³-hybridized carbons (Fsp3) is 0.500. The number of aromatic nitrogens is 2. The first-order valence-electron chi connectivity index (χ1n) is 8.55. The van der Waals surface area contributed by atoms with Crippen molar-refractivity contribution in [2.45, 2.75) is 50.5 Å². The molecular weight excluding hydrogens is 340 g/mol. The zero-order chi connectivity index (χ0) is 16.7. The molecule has 4 rings (SSSR count). The molecule has 1 aromatic heterocycles. The Labute approximate surface area is 153 Å². The minimum atomic E-state index is -0.457. The molecular formula is C18H23ClN4O2. The topological polar surface area (TPSA) is 85.2 Å². The molecule has 0 radical (unpaired) electrons. The Morgan fingerprint density at radius 3 is 2.60 bits per heavy atom. The summed E-state index contributed by atoms with van der Waals surface area (Å²) in [6, 6.07) is 7.97. The molecule has 1 atom stereocenters. The van der Waals surface area contributed by atoms with Crippen molar-refractivity contribution < 1.29 is 9.32 Å². The number of hydrogen-bond donors (Lipinski definition) is 1. The number of hydrogen-bond acceptors (Lipinski definition) is 5. The quantitative estimate of drug-likeness (QED) is 0.906. The number of nitrogens with zero attached hydrogens (tertiary/aromatic N) is 3. The zero-order valence-electron chi connectivity index (χ0n) is 14.3. The molecule has 2 heterocycles. The van der Waals surface area contributed by atoms with Gasteiger partial charge in [0.2, 0.25) is 11.8 Å². The molecule has 2 aromatic rings. The fourth-order valence-electron chi connectivity index (χ4n) is 3.68. The van der Waals surface area contributed by atoms with Gasteiger partial charge in [-0.05, 0) is 31.9 Å². The van der Waals surface area contributed by atoms with Crippen LogP contribution in [-0.4, -0.2) is 22.6 Å². The van der Waals surface area contributed by atoms with E-state index < -0.39 is 5.54 Å². The number of rotatable bonds is 3. The highest BCUT2D eigenvalue weighted by Gasteiger charge is 2.39. The number of carbonyl (C=O) groups is 1. The van der Waals surface area contributed by atoms with E-state index in [4.69, 9.17) is 10.3 Å². The Morgan fingerprint density at radius 2 is 1.92 bits per heavy atom. The van der Waals surface area contributed by atoms with Crippen molar-refractivity contribution in [3.63, 3.8) is 0 Å². The number of halogens is 1.